The molecule has 1 rings (SSSR count). The summed E-state index contributed by atoms with van der Waals surface area (Å²) in [6.07, 6.45) is 4.31. The maximum atomic E-state index is 12.4. The van der Waals surface area contributed by atoms with Gasteiger partial charge in [-0.3, -0.25) is 14.4 Å². The Labute approximate surface area is 112 Å². The van der Waals surface area contributed by atoms with E-state index in [1.54, 1.807) is 19.9 Å². The highest BCUT2D eigenvalue weighted by Gasteiger charge is 2.37. The molecular formula is C13H20N2O4. The van der Waals surface area contributed by atoms with E-state index in [2.05, 4.69) is 0 Å². The van der Waals surface area contributed by atoms with Crippen LogP contribution in [0.1, 0.15) is 26.7 Å². The van der Waals surface area contributed by atoms with E-state index in [9.17, 15) is 14.4 Å². The lowest BCUT2D eigenvalue weighted by atomic mass is 9.82. The fourth-order valence-corrected chi connectivity index (χ4v) is 2.26. The molecule has 0 radical (unpaired) electrons. The first kappa shape index (κ1) is 15.2. The lowest BCUT2D eigenvalue weighted by molar-refractivity contribution is -0.152. The lowest BCUT2D eigenvalue weighted by Gasteiger charge is -2.32. The highest BCUT2D eigenvalue weighted by Crippen LogP contribution is 2.28. The van der Waals surface area contributed by atoms with Crippen LogP contribution in [-0.2, 0) is 14.4 Å². The molecule has 6 nitrogen and oxygen atoms in total. The fourth-order valence-electron chi connectivity index (χ4n) is 2.26. The predicted molar refractivity (Wildman–Crippen MR) is 69.0 cm³/mol. The molecular weight excluding hydrogens is 248 g/mol. The second-order valence-electron chi connectivity index (χ2n) is 5.02. The number of carboxylic acid groups (broad SMARTS) is 1. The number of primary amides is 1. The number of rotatable bonds is 5. The van der Waals surface area contributed by atoms with E-state index in [1.807, 2.05) is 6.08 Å². The van der Waals surface area contributed by atoms with E-state index >= 15 is 0 Å². The number of carbonyl (C=O) groups is 3. The summed E-state index contributed by atoms with van der Waals surface area (Å²) in [4.78, 5) is 36.0. The van der Waals surface area contributed by atoms with Crippen molar-refractivity contribution in [2.24, 2.45) is 17.6 Å². The Bertz CT molecular complexity index is 403. The van der Waals surface area contributed by atoms with Crippen LogP contribution in [0.15, 0.2) is 12.2 Å². The molecule has 0 bridgehead atoms. The Morgan fingerprint density at radius 1 is 1.26 bits per heavy atom. The van der Waals surface area contributed by atoms with Gasteiger partial charge in [0.1, 0.15) is 0 Å². The number of allylic oxidation sites excluding steroid dienone is 2. The van der Waals surface area contributed by atoms with Crippen LogP contribution in [0.25, 0.3) is 0 Å². The van der Waals surface area contributed by atoms with E-state index in [1.165, 1.54) is 4.90 Å². The second kappa shape index (κ2) is 6.36. The summed E-state index contributed by atoms with van der Waals surface area (Å²) in [5.74, 6) is -3.24. The van der Waals surface area contributed by atoms with Crippen molar-refractivity contribution < 1.29 is 19.5 Å². The van der Waals surface area contributed by atoms with Crippen LogP contribution in [0.3, 0.4) is 0 Å². The van der Waals surface area contributed by atoms with Gasteiger partial charge >= 0.3 is 5.97 Å². The van der Waals surface area contributed by atoms with Crippen molar-refractivity contribution in [1.29, 1.82) is 0 Å². The van der Waals surface area contributed by atoms with Crippen LogP contribution in [0, 0.1) is 11.8 Å². The molecule has 0 saturated carbocycles. The SMILES string of the molecule is CC(C)N(CC(N)=O)C(=O)C1CC=CCC1C(=O)O. The Hall–Kier alpha value is -1.85. The van der Waals surface area contributed by atoms with Crippen molar-refractivity contribution in [3.63, 3.8) is 0 Å². The Balaban J connectivity index is 2.91. The number of nitrogens with zero attached hydrogens (tertiary/aromatic N) is 1. The second-order valence-corrected chi connectivity index (χ2v) is 5.02. The van der Waals surface area contributed by atoms with Crippen LogP contribution in [0.4, 0.5) is 0 Å². The summed E-state index contributed by atoms with van der Waals surface area (Å²) < 4.78 is 0. The minimum Gasteiger partial charge on any atom is -0.481 e. The molecule has 0 aliphatic heterocycles. The molecule has 0 spiro atoms. The third-order valence-electron chi connectivity index (χ3n) is 3.30. The number of carboxylic acids is 1. The molecule has 0 aromatic carbocycles. The van der Waals surface area contributed by atoms with Gasteiger partial charge in [0, 0.05) is 6.04 Å². The molecule has 1 aliphatic rings. The lowest BCUT2D eigenvalue weighted by Crippen LogP contribution is -2.48. The zero-order chi connectivity index (χ0) is 14.6. The smallest absolute Gasteiger partial charge is 0.307 e. The van der Waals surface area contributed by atoms with E-state index in [0.717, 1.165) is 0 Å². The first-order chi connectivity index (χ1) is 8.84. The predicted octanol–water partition coefficient (Wildman–Crippen LogP) is 0.376. The maximum Gasteiger partial charge on any atom is 0.307 e. The fraction of sp³-hybridized carbons (Fsp3) is 0.615. The molecule has 2 unspecified atom stereocenters. The zero-order valence-corrected chi connectivity index (χ0v) is 11.2. The van der Waals surface area contributed by atoms with Gasteiger partial charge in [-0.05, 0) is 26.7 Å². The third-order valence-corrected chi connectivity index (χ3v) is 3.30. The Morgan fingerprint density at radius 2 is 1.79 bits per heavy atom. The van der Waals surface area contributed by atoms with Crippen LogP contribution in [0.5, 0.6) is 0 Å². The monoisotopic (exact) mass is 268 g/mol. The minimum absolute atomic E-state index is 0.178. The number of hydrogen-bond acceptors (Lipinski definition) is 3. The Kier molecular flexibility index (Phi) is 5.09. The van der Waals surface area contributed by atoms with Crippen LogP contribution in [-0.4, -0.2) is 40.4 Å². The molecule has 6 heteroatoms. The maximum absolute atomic E-state index is 12.4. The van der Waals surface area contributed by atoms with Crippen molar-refractivity contribution in [3.8, 4) is 0 Å². The van der Waals surface area contributed by atoms with Gasteiger partial charge in [0.2, 0.25) is 11.8 Å². The number of nitrogens with two attached hydrogens (primary N) is 1. The first-order valence-electron chi connectivity index (χ1n) is 6.31. The quantitative estimate of drug-likeness (QED) is 0.704. The Morgan fingerprint density at radius 3 is 2.21 bits per heavy atom. The molecule has 106 valence electrons. The molecule has 0 aromatic rings. The summed E-state index contributed by atoms with van der Waals surface area (Å²) in [6, 6.07) is -0.194. The molecule has 2 atom stereocenters. The number of hydrogen-bond donors (Lipinski definition) is 2. The van der Waals surface area contributed by atoms with Gasteiger partial charge in [-0.2, -0.15) is 0 Å². The highest BCUT2D eigenvalue weighted by molar-refractivity contribution is 5.88. The molecule has 3 N–H and O–H groups in total. The van der Waals surface area contributed by atoms with Crippen molar-refractivity contribution in [2.75, 3.05) is 6.54 Å². The summed E-state index contributed by atoms with van der Waals surface area (Å²) >= 11 is 0. The minimum atomic E-state index is -0.981. The normalized spacial score (nSPS) is 22.3. The summed E-state index contributed by atoms with van der Waals surface area (Å²) in [5, 5.41) is 9.16. The average Bonchev–Trinajstić information content (AvgIpc) is 2.34. The van der Waals surface area contributed by atoms with E-state index < -0.39 is 23.7 Å². The van der Waals surface area contributed by atoms with Gasteiger partial charge in [0.25, 0.3) is 0 Å². The standard InChI is InChI=1S/C13H20N2O4/c1-8(2)15(7-11(14)16)12(17)9-5-3-4-6-10(9)13(18)19/h3-4,8-10H,5-7H2,1-2H3,(H2,14,16)(H,18,19). The molecule has 1 aliphatic carbocycles. The van der Waals surface area contributed by atoms with Crippen molar-refractivity contribution in [2.45, 2.75) is 32.7 Å². The van der Waals surface area contributed by atoms with Gasteiger partial charge in [0.05, 0.1) is 18.4 Å². The van der Waals surface area contributed by atoms with E-state index in [-0.39, 0.29) is 18.5 Å². The summed E-state index contributed by atoms with van der Waals surface area (Å²) in [5.41, 5.74) is 5.13. The van der Waals surface area contributed by atoms with Gasteiger partial charge in [0.15, 0.2) is 0 Å². The topological polar surface area (TPSA) is 101 Å². The van der Waals surface area contributed by atoms with Crippen LogP contribution in [0.2, 0.25) is 0 Å². The van der Waals surface area contributed by atoms with Crippen LogP contribution >= 0.6 is 0 Å². The number of amides is 2. The molecule has 0 aromatic heterocycles. The first-order valence-corrected chi connectivity index (χ1v) is 6.31. The van der Waals surface area contributed by atoms with Crippen LogP contribution < -0.4 is 5.73 Å². The summed E-state index contributed by atoms with van der Waals surface area (Å²) in [7, 11) is 0. The third kappa shape index (κ3) is 3.81. The highest BCUT2D eigenvalue weighted by atomic mass is 16.4. The van der Waals surface area contributed by atoms with E-state index in [4.69, 9.17) is 10.8 Å². The molecule has 2 amide bonds. The molecule has 0 fully saturated rings. The van der Waals surface area contributed by atoms with E-state index in [0.29, 0.717) is 12.8 Å². The van der Waals surface area contributed by atoms with Gasteiger partial charge < -0.3 is 15.7 Å². The molecule has 19 heavy (non-hydrogen) atoms. The summed E-state index contributed by atoms with van der Waals surface area (Å²) in [6.45, 7) is 3.37. The van der Waals surface area contributed by atoms with Crippen molar-refractivity contribution in [1.82, 2.24) is 4.90 Å². The molecule has 0 heterocycles. The zero-order valence-electron chi connectivity index (χ0n) is 11.2. The number of carbonyl (C=O) groups excluding carboxylic acids is 2. The van der Waals surface area contributed by atoms with Gasteiger partial charge in [-0.15, -0.1) is 0 Å². The van der Waals surface area contributed by atoms with Gasteiger partial charge in [-0.25, -0.2) is 0 Å². The van der Waals surface area contributed by atoms with Crippen molar-refractivity contribution >= 4 is 17.8 Å². The van der Waals surface area contributed by atoms with Gasteiger partial charge in [-0.1, -0.05) is 12.2 Å². The average molecular weight is 268 g/mol. The largest absolute Gasteiger partial charge is 0.481 e. The molecule has 0 saturated heterocycles. The number of aliphatic carboxylic acids is 1. The van der Waals surface area contributed by atoms with Crippen molar-refractivity contribution in [3.05, 3.63) is 12.2 Å².